The predicted octanol–water partition coefficient (Wildman–Crippen LogP) is 3.72. The van der Waals surface area contributed by atoms with Crippen LogP contribution in [-0.2, 0) is 16.0 Å². The molecule has 0 N–H and O–H groups in total. The molecule has 1 atom stereocenters. The zero-order valence-electron chi connectivity index (χ0n) is 11.4. The van der Waals surface area contributed by atoms with Crippen molar-refractivity contribution in [3.63, 3.8) is 0 Å². The van der Waals surface area contributed by atoms with Crippen LogP contribution in [0.25, 0.3) is 0 Å². The lowest BCUT2D eigenvalue weighted by atomic mass is 9.99. The van der Waals surface area contributed by atoms with Crippen molar-refractivity contribution in [2.24, 2.45) is 0 Å². The standard InChI is InChI=1S/C17H17FO2/c1-2-20-17(13-8-4-3-5-9-13)16(19)12-14-10-6-7-11-15(14)18/h3-11,17H,2,12H2,1H3. The molecule has 0 amide bonds. The molecule has 2 aromatic rings. The largest absolute Gasteiger partial charge is 0.366 e. The average Bonchev–Trinajstić information content (AvgIpc) is 2.48. The number of carbonyl (C=O) groups excluding carboxylic acids is 1. The van der Waals surface area contributed by atoms with Crippen LogP contribution in [0.2, 0.25) is 0 Å². The molecule has 2 aromatic carbocycles. The van der Waals surface area contributed by atoms with Gasteiger partial charge in [-0.25, -0.2) is 4.39 Å². The molecule has 0 heterocycles. The number of hydrogen-bond donors (Lipinski definition) is 0. The minimum atomic E-state index is -0.638. The summed E-state index contributed by atoms with van der Waals surface area (Å²) in [5.41, 5.74) is 1.20. The molecule has 0 saturated carbocycles. The third-order valence-electron chi connectivity index (χ3n) is 3.05. The lowest BCUT2D eigenvalue weighted by Crippen LogP contribution is -2.18. The van der Waals surface area contributed by atoms with Gasteiger partial charge in [0.05, 0.1) is 0 Å². The van der Waals surface area contributed by atoms with Gasteiger partial charge in [0.15, 0.2) is 5.78 Å². The van der Waals surface area contributed by atoms with E-state index in [0.29, 0.717) is 12.2 Å². The Morgan fingerprint density at radius 1 is 1.10 bits per heavy atom. The highest BCUT2D eigenvalue weighted by molar-refractivity contribution is 5.86. The van der Waals surface area contributed by atoms with Crippen LogP contribution in [0.4, 0.5) is 4.39 Å². The molecule has 104 valence electrons. The summed E-state index contributed by atoms with van der Waals surface area (Å²) in [5, 5.41) is 0. The Balaban J connectivity index is 2.18. The van der Waals surface area contributed by atoms with Crippen LogP contribution in [0.15, 0.2) is 54.6 Å². The van der Waals surface area contributed by atoms with Crippen LogP contribution in [0.1, 0.15) is 24.2 Å². The first-order chi connectivity index (χ1) is 9.72. The lowest BCUT2D eigenvalue weighted by molar-refractivity contribution is -0.130. The summed E-state index contributed by atoms with van der Waals surface area (Å²) < 4.78 is 19.1. The Hall–Kier alpha value is -2.00. The van der Waals surface area contributed by atoms with Gasteiger partial charge < -0.3 is 4.74 Å². The summed E-state index contributed by atoms with van der Waals surface area (Å²) in [7, 11) is 0. The van der Waals surface area contributed by atoms with E-state index in [1.54, 1.807) is 18.2 Å². The van der Waals surface area contributed by atoms with Crippen molar-refractivity contribution >= 4 is 5.78 Å². The Morgan fingerprint density at radius 2 is 1.75 bits per heavy atom. The first-order valence-electron chi connectivity index (χ1n) is 6.65. The highest BCUT2D eigenvalue weighted by atomic mass is 19.1. The summed E-state index contributed by atoms with van der Waals surface area (Å²) in [5.74, 6) is -0.493. The molecular formula is C17H17FO2. The molecule has 0 aliphatic rings. The third kappa shape index (κ3) is 3.52. The zero-order valence-corrected chi connectivity index (χ0v) is 11.4. The molecule has 0 fully saturated rings. The molecule has 0 spiro atoms. The molecule has 0 aromatic heterocycles. The molecular weight excluding hydrogens is 255 g/mol. The van der Waals surface area contributed by atoms with Gasteiger partial charge >= 0.3 is 0 Å². The fraction of sp³-hybridized carbons (Fsp3) is 0.235. The number of carbonyl (C=O) groups is 1. The van der Waals surface area contributed by atoms with Gasteiger partial charge in [0.1, 0.15) is 11.9 Å². The highest BCUT2D eigenvalue weighted by Gasteiger charge is 2.21. The molecule has 2 nitrogen and oxygen atoms in total. The number of hydrogen-bond acceptors (Lipinski definition) is 2. The Morgan fingerprint density at radius 3 is 2.40 bits per heavy atom. The van der Waals surface area contributed by atoms with Gasteiger partial charge in [0, 0.05) is 13.0 Å². The molecule has 0 bridgehead atoms. The Labute approximate surface area is 118 Å². The minimum absolute atomic E-state index is 0.0340. The second-order valence-electron chi connectivity index (χ2n) is 4.48. The number of ether oxygens (including phenoxy) is 1. The van der Waals surface area contributed by atoms with E-state index in [9.17, 15) is 9.18 Å². The number of rotatable bonds is 6. The third-order valence-corrected chi connectivity index (χ3v) is 3.05. The van der Waals surface area contributed by atoms with E-state index < -0.39 is 6.10 Å². The van der Waals surface area contributed by atoms with E-state index in [2.05, 4.69) is 0 Å². The monoisotopic (exact) mass is 272 g/mol. The van der Waals surface area contributed by atoms with Crippen LogP contribution in [0.3, 0.4) is 0 Å². The van der Waals surface area contributed by atoms with Gasteiger partial charge in [-0.1, -0.05) is 48.5 Å². The zero-order chi connectivity index (χ0) is 14.4. The van der Waals surface area contributed by atoms with Gasteiger partial charge in [0.25, 0.3) is 0 Å². The summed E-state index contributed by atoms with van der Waals surface area (Å²) in [6.45, 7) is 2.27. The second-order valence-corrected chi connectivity index (χ2v) is 4.48. The lowest BCUT2D eigenvalue weighted by Gasteiger charge is -2.16. The van der Waals surface area contributed by atoms with E-state index in [4.69, 9.17) is 4.74 Å². The van der Waals surface area contributed by atoms with Crippen LogP contribution >= 0.6 is 0 Å². The molecule has 0 aliphatic carbocycles. The minimum Gasteiger partial charge on any atom is -0.366 e. The van der Waals surface area contributed by atoms with Crippen molar-refractivity contribution in [3.05, 3.63) is 71.5 Å². The fourth-order valence-electron chi connectivity index (χ4n) is 2.09. The number of Topliss-reactive ketones (excluding diaryl/α,β-unsaturated/α-hetero) is 1. The highest BCUT2D eigenvalue weighted by Crippen LogP contribution is 2.21. The maximum absolute atomic E-state index is 13.6. The van der Waals surface area contributed by atoms with Crippen molar-refractivity contribution in [2.75, 3.05) is 6.61 Å². The van der Waals surface area contributed by atoms with Gasteiger partial charge in [-0.15, -0.1) is 0 Å². The van der Waals surface area contributed by atoms with E-state index in [-0.39, 0.29) is 18.0 Å². The van der Waals surface area contributed by atoms with Crippen molar-refractivity contribution in [1.29, 1.82) is 0 Å². The summed E-state index contributed by atoms with van der Waals surface area (Å²) >= 11 is 0. The van der Waals surface area contributed by atoms with Gasteiger partial charge in [-0.3, -0.25) is 4.79 Å². The number of ketones is 1. The van der Waals surface area contributed by atoms with Crippen molar-refractivity contribution in [1.82, 2.24) is 0 Å². The van der Waals surface area contributed by atoms with E-state index in [1.165, 1.54) is 6.07 Å². The average molecular weight is 272 g/mol. The van der Waals surface area contributed by atoms with Gasteiger partial charge in [0.2, 0.25) is 0 Å². The van der Waals surface area contributed by atoms with Gasteiger partial charge in [-0.05, 0) is 24.1 Å². The van der Waals surface area contributed by atoms with Crippen molar-refractivity contribution < 1.29 is 13.9 Å². The second kappa shape index (κ2) is 6.96. The SMILES string of the molecule is CCOC(C(=O)Cc1ccccc1F)c1ccccc1. The normalized spacial score (nSPS) is 12.1. The molecule has 2 rings (SSSR count). The van der Waals surface area contributed by atoms with Gasteiger partial charge in [-0.2, -0.15) is 0 Å². The van der Waals surface area contributed by atoms with E-state index >= 15 is 0 Å². The molecule has 3 heteroatoms. The maximum atomic E-state index is 13.6. The first kappa shape index (κ1) is 14.4. The van der Waals surface area contributed by atoms with Crippen molar-refractivity contribution in [3.8, 4) is 0 Å². The molecule has 1 unspecified atom stereocenters. The Kier molecular flexibility index (Phi) is 5.02. The van der Waals surface area contributed by atoms with E-state index in [1.807, 2.05) is 37.3 Å². The topological polar surface area (TPSA) is 26.3 Å². The first-order valence-corrected chi connectivity index (χ1v) is 6.65. The summed E-state index contributed by atoms with van der Waals surface area (Å²) in [6.07, 6.45) is -0.604. The van der Waals surface area contributed by atoms with Crippen LogP contribution in [0, 0.1) is 5.82 Å². The maximum Gasteiger partial charge on any atom is 0.170 e. The number of benzene rings is 2. The molecule has 0 saturated heterocycles. The summed E-state index contributed by atoms with van der Waals surface area (Å²) in [6, 6.07) is 15.6. The predicted molar refractivity (Wildman–Crippen MR) is 75.9 cm³/mol. The molecule has 0 radical (unpaired) electrons. The fourth-order valence-corrected chi connectivity index (χ4v) is 2.09. The quantitative estimate of drug-likeness (QED) is 0.801. The number of halogens is 1. The smallest absolute Gasteiger partial charge is 0.170 e. The molecule has 20 heavy (non-hydrogen) atoms. The van der Waals surface area contributed by atoms with E-state index in [0.717, 1.165) is 5.56 Å². The molecule has 0 aliphatic heterocycles. The van der Waals surface area contributed by atoms with Crippen LogP contribution < -0.4 is 0 Å². The van der Waals surface area contributed by atoms with Crippen LogP contribution in [0.5, 0.6) is 0 Å². The van der Waals surface area contributed by atoms with Crippen LogP contribution in [-0.4, -0.2) is 12.4 Å². The summed E-state index contributed by atoms with van der Waals surface area (Å²) in [4.78, 5) is 12.4. The van der Waals surface area contributed by atoms with Crippen molar-refractivity contribution in [2.45, 2.75) is 19.4 Å². The Bertz CT molecular complexity index is 566.